The molecule has 0 saturated carbocycles. The summed E-state index contributed by atoms with van der Waals surface area (Å²) in [5.74, 6) is 0.747. The van der Waals surface area contributed by atoms with Gasteiger partial charge in [0.05, 0.1) is 11.5 Å². The van der Waals surface area contributed by atoms with Crippen molar-refractivity contribution in [1.82, 2.24) is 0 Å². The summed E-state index contributed by atoms with van der Waals surface area (Å²) >= 11 is 2.93. The smallest absolute Gasteiger partial charge is 0.234 e. The Morgan fingerprint density at radius 3 is 1.83 bits per heavy atom. The van der Waals surface area contributed by atoms with Crippen molar-refractivity contribution in [3.05, 3.63) is 24.3 Å². The number of benzene rings is 1. The third-order valence-corrected chi connectivity index (χ3v) is 3.08. The first-order valence-electron chi connectivity index (χ1n) is 5.33. The van der Waals surface area contributed by atoms with Crippen LogP contribution in [0.3, 0.4) is 0 Å². The van der Waals surface area contributed by atoms with Gasteiger partial charge < -0.3 is 10.6 Å². The van der Waals surface area contributed by atoms with Crippen molar-refractivity contribution in [2.75, 3.05) is 34.7 Å². The van der Waals surface area contributed by atoms with Gasteiger partial charge in [0, 0.05) is 11.4 Å². The molecular formula is C12H16N2O2S2. The molecule has 0 saturated heterocycles. The fraction of sp³-hybridized carbons (Fsp3) is 0.333. The van der Waals surface area contributed by atoms with E-state index in [0.717, 1.165) is 0 Å². The maximum Gasteiger partial charge on any atom is 0.234 e. The lowest BCUT2D eigenvalue weighted by molar-refractivity contribution is -0.114. The number of rotatable bonds is 6. The molecule has 0 bridgehead atoms. The zero-order valence-corrected chi connectivity index (χ0v) is 12.0. The lowest BCUT2D eigenvalue weighted by Crippen LogP contribution is -2.15. The molecule has 0 unspecified atom stereocenters. The Labute approximate surface area is 115 Å². The van der Waals surface area contributed by atoms with Crippen molar-refractivity contribution in [2.45, 2.75) is 0 Å². The number of amides is 2. The topological polar surface area (TPSA) is 58.2 Å². The quantitative estimate of drug-likeness (QED) is 0.841. The van der Waals surface area contributed by atoms with Gasteiger partial charge in [0.2, 0.25) is 11.8 Å². The zero-order chi connectivity index (χ0) is 13.4. The summed E-state index contributed by atoms with van der Waals surface area (Å²) in [4.78, 5) is 22.9. The molecule has 4 nitrogen and oxygen atoms in total. The normalized spacial score (nSPS) is 9.89. The summed E-state index contributed by atoms with van der Waals surface area (Å²) in [5.41, 5.74) is 1.38. The first-order chi connectivity index (χ1) is 8.65. The first kappa shape index (κ1) is 14.9. The molecule has 1 rings (SSSR count). The Bertz CT molecular complexity index is 389. The molecule has 1 aromatic carbocycles. The summed E-state index contributed by atoms with van der Waals surface area (Å²) in [6, 6.07) is 7.13. The highest BCUT2D eigenvalue weighted by molar-refractivity contribution is 7.99. The highest BCUT2D eigenvalue weighted by Gasteiger charge is 2.04. The van der Waals surface area contributed by atoms with Gasteiger partial charge >= 0.3 is 0 Å². The Hall–Kier alpha value is -1.14. The molecule has 18 heavy (non-hydrogen) atoms. The van der Waals surface area contributed by atoms with Crippen LogP contribution in [-0.4, -0.2) is 35.8 Å². The molecule has 0 aliphatic carbocycles. The van der Waals surface area contributed by atoms with Crippen LogP contribution in [0.2, 0.25) is 0 Å². The molecule has 0 aromatic heterocycles. The Morgan fingerprint density at radius 2 is 1.44 bits per heavy atom. The van der Waals surface area contributed by atoms with E-state index in [9.17, 15) is 9.59 Å². The lowest BCUT2D eigenvalue weighted by Gasteiger charge is -2.08. The maximum absolute atomic E-state index is 11.4. The van der Waals surface area contributed by atoms with Gasteiger partial charge in [-0.25, -0.2) is 0 Å². The fourth-order valence-electron chi connectivity index (χ4n) is 1.33. The monoisotopic (exact) mass is 284 g/mol. The molecule has 0 aliphatic heterocycles. The third kappa shape index (κ3) is 5.46. The van der Waals surface area contributed by atoms with Crippen LogP contribution in [0.15, 0.2) is 24.3 Å². The molecule has 0 radical (unpaired) electrons. The number of hydrogen-bond donors (Lipinski definition) is 2. The van der Waals surface area contributed by atoms with Gasteiger partial charge in [-0.3, -0.25) is 9.59 Å². The van der Waals surface area contributed by atoms with E-state index in [1.807, 2.05) is 12.5 Å². The van der Waals surface area contributed by atoms with Crippen LogP contribution < -0.4 is 10.6 Å². The summed E-state index contributed by atoms with van der Waals surface area (Å²) in [7, 11) is 0. The van der Waals surface area contributed by atoms with Gasteiger partial charge in [-0.1, -0.05) is 6.07 Å². The second-order valence-electron chi connectivity index (χ2n) is 3.54. The van der Waals surface area contributed by atoms with Gasteiger partial charge in [0.15, 0.2) is 0 Å². The van der Waals surface area contributed by atoms with Gasteiger partial charge in [-0.05, 0) is 30.7 Å². The maximum atomic E-state index is 11.4. The summed E-state index contributed by atoms with van der Waals surface area (Å²) in [6.45, 7) is 0. The Kier molecular flexibility index (Phi) is 6.67. The van der Waals surface area contributed by atoms with Gasteiger partial charge in [0.1, 0.15) is 0 Å². The molecule has 98 valence electrons. The second-order valence-corrected chi connectivity index (χ2v) is 5.28. The molecule has 2 N–H and O–H groups in total. The van der Waals surface area contributed by atoms with E-state index < -0.39 is 0 Å². The molecule has 0 spiro atoms. The first-order valence-corrected chi connectivity index (χ1v) is 8.12. The van der Waals surface area contributed by atoms with Crippen LogP contribution in [0.5, 0.6) is 0 Å². The Balaban J connectivity index is 2.61. The fourth-order valence-corrected chi connectivity index (χ4v) is 2.00. The van der Waals surface area contributed by atoms with Crippen LogP contribution in [0.4, 0.5) is 11.4 Å². The van der Waals surface area contributed by atoms with Gasteiger partial charge in [-0.2, -0.15) is 23.5 Å². The number of anilines is 2. The predicted octanol–water partition coefficient (Wildman–Crippen LogP) is 2.29. The molecule has 0 atom stereocenters. The largest absolute Gasteiger partial charge is 0.325 e. The minimum Gasteiger partial charge on any atom is -0.325 e. The van der Waals surface area contributed by atoms with Crippen LogP contribution in [-0.2, 0) is 9.59 Å². The number of hydrogen-bond acceptors (Lipinski definition) is 4. The van der Waals surface area contributed by atoms with E-state index in [-0.39, 0.29) is 11.8 Å². The van der Waals surface area contributed by atoms with Crippen molar-refractivity contribution < 1.29 is 9.59 Å². The van der Waals surface area contributed by atoms with E-state index >= 15 is 0 Å². The van der Waals surface area contributed by atoms with Crippen molar-refractivity contribution in [1.29, 1.82) is 0 Å². The molecule has 2 amide bonds. The van der Waals surface area contributed by atoms with Crippen LogP contribution >= 0.6 is 23.5 Å². The average molecular weight is 284 g/mol. The van der Waals surface area contributed by atoms with E-state index in [1.165, 1.54) is 23.5 Å². The summed E-state index contributed by atoms with van der Waals surface area (Å²) in [5, 5.41) is 5.54. The van der Waals surface area contributed by atoms with Crippen molar-refractivity contribution in [3.8, 4) is 0 Å². The van der Waals surface area contributed by atoms with Crippen molar-refractivity contribution in [3.63, 3.8) is 0 Å². The molecule has 1 aromatic rings. The standard InChI is InChI=1S/C12H16N2O2S2/c1-17-7-11(15)13-9-4-3-5-10(6-9)14-12(16)8-18-2/h3-6H,7-8H2,1-2H3,(H,13,15)(H,14,16). The minimum atomic E-state index is -0.0462. The second kappa shape index (κ2) is 8.05. The Morgan fingerprint density at radius 1 is 1.00 bits per heavy atom. The SMILES string of the molecule is CSCC(=O)Nc1cccc(NC(=O)CSC)c1. The molecule has 6 heteroatoms. The highest BCUT2D eigenvalue weighted by atomic mass is 32.2. The van der Waals surface area contributed by atoms with Crippen LogP contribution in [0.1, 0.15) is 0 Å². The third-order valence-electron chi connectivity index (χ3n) is 1.98. The molecule has 0 aliphatic rings. The molecular weight excluding hydrogens is 268 g/mol. The number of nitrogens with one attached hydrogen (secondary N) is 2. The number of carbonyl (C=O) groups is 2. The van der Waals surface area contributed by atoms with E-state index in [4.69, 9.17) is 0 Å². The molecule has 0 heterocycles. The number of carbonyl (C=O) groups excluding carboxylic acids is 2. The minimum absolute atomic E-state index is 0.0462. The van der Waals surface area contributed by atoms with Crippen molar-refractivity contribution >= 4 is 46.7 Å². The zero-order valence-electron chi connectivity index (χ0n) is 10.4. The van der Waals surface area contributed by atoms with Crippen LogP contribution in [0.25, 0.3) is 0 Å². The van der Waals surface area contributed by atoms with E-state index in [1.54, 1.807) is 24.3 Å². The average Bonchev–Trinajstić information content (AvgIpc) is 2.29. The summed E-state index contributed by atoms with van der Waals surface area (Å²) in [6.07, 6.45) is 3.75. The number of thioether (sulfide) groups is 2. The van der Waals surface area contributed by atoms with E-state index in [2.05, 4.69) is 10.6 Å². The molecule has 0 fully saturated rings. The highest BCUT2D eigenvalue weighted by Crippen LogP contribution is 2.15. The van der Waals surface area contributed by atoms with Gasteiger partial charge in [0.25, 0.3) is 0 Å². The van der Waals surface area contributed by atoms with Crippen LogP contribution in [0, 0.1) is 0 Å². The van der Waals surface area contributed by atoms with Gasteiger partial charge in [-0.15, -0.1) is 0 Å². The van der Waals surface area contributed by atoms with E-state index in [0.29, 0.717) is 22.9 Å². The van der Waals surface area contributed by atoms with Crippen molar-refractivity contribution in [2.24, 2.45) is 0 Å². The predicted molar refractivity (Wildman–Crippen MR) is 80.5 cm³/mol. The lowest BCUT2D eigenvalue weighted by atomic mass is 10.2. The summed E-state index contributed by atoms with van der Waals surface area (Å²) < 4.78 is 0.